The Kier molecular flexibility index (Phi) is 2.96. The van der Waals surface area contributed by atoms with E-state index in [-0.39, 0.29) is 0 Å². The van der Waals surface area contributed by atoms with Crippen molar-refractivity contribution in [3.05, 3.63) is 22.8 Å². The van der Waals surface area contributed by atoms with Crippen molar-refractivity contribution < 1.29 is 19.4 Å². The summed E-state index contributed by atoms with van der Waals surface area (Å²) in [4.78, 5) is 11.2. The molecule has 92 valence electrons. The van der Waals surface area contributed by atoms with Gasteiger partial charge in [-0.1, -0.05) is 0 Å². The Hall–Kier alpha value is -1.71. The first-order valence-electron chi connectivity index (χ1n) is 5.62. The Morgan fingerprint density at radius 2 is 2.29 bits per heavy atom. The lowest BCUT2D eigenvalue weighted by atomic mass is 9.91. The number of rotatable bonds is 3. The Balaban J connectivity index is 2.65. The van der Waals surface area contributed by atoms with Crippen LogP contribution >= 0.6 is 0 Å². The van der Waals surface area contributed by atoms with Crippen molar-refractivity contribution in [2.75, 3.05) is 13.7 Å². The average molecular weight is 236 g/mol. The van der Waals surface area contributed by atoms with E-state index in [1.54, 1.807) is 14.0 Å². The van der Waals surface area contributed by atoms with Crippen LogP contribution in [-0.2, 0) is 11.2 Å². The molecule has 1 aliphatic rings. The van der Waals surface area contributed by atoms with Crippen molar-refractivity contribution >= 4 is 5.97 Å². The zero-order chi connectivity index (χ0) is 12.6. The van der Waals surface area contributed by atoms with Crippen molar-refractivity contribution in [2.24, 2.45) is 0 Å². The molecule has 1 heterocycles. The van der Waals surface area contributed by atoms with Gasteiger partial charge in [0.25, 0.3) is 0 Å². The molecule has 0 spiro atoms. The average Bonchev–Trinajstić information content (AvgIpc) is 2.73. The number of carbonyl (C=O) groups is 1. The minimum atomic E-state index is -0.844. The number of methoxy groups -OCH3 is 1. The van der Waals surface area contributed by atoms with E-state index < -0.39 is 11.9 Å². The van der Waals surface area contributed by atoms with E-state index in [1.807, 2.05) is 13.0 Å². The fourth-order valence-electron chi connectivity index (χ4n) is 2.33. The molecule has 0 aliphatic carbocycles. The Morgan fingerprint density at radius 1 is 1.59 bits per heavy atom. The lowest BCUT2D eigenvalue weighted by Crippen LogP contribution is -2.12. The van der Waals surface area contributed by atoms with Gasteiger partial charge in [-0.15, -0.1) is 0 Å². The van der Waals surface area contributed by atoms with E-state index >= 15 is 0 Å². The quantitative estimate of drug-likeness (QED) is 0.873. The van der Waals surface area contributed by atoms with Crippen LogP contribution in [0.15, 0.2) is 6.07 Å². The largest absolute Gasteiger partial charge is 0.496 e. The fourth-order valence-corrected chi connectivity index (χ4v) is 2.33. The van der Waals surface area contributed by atoms with E-state index in [4.69, 9.17) is 9.47 Å². The second-order valence-corrected chi connectivity index (χ2v) is 4.28. The molecule has 0 radical (unpaired) electrons. The number of benzene rings is 1. The molecule has 0 amide bonds. The number of aliphatic carboxylic acids is 1. The molecule has 1 aromatic carbocycles. The second-order valence-electron chi connectivity index (χ2n) is 4.28. The molecule has 0 bridgehead atoms. The highest BCUT2D eigenvalue weighted by Crippen LogP contribution is 2.41. The van der Waals surface area contributed by atoms with E-state index in [0.29, 0.717) is 12.4 Å². The van der Waals surface area contributed by atoms with Gasteiger partial charge in [0.05, 0.1) is 19.6 Å². The van der Waals surface area contributed by atoms with Gasteiger partial charge in [0.1, 0.15) is 11.5 Å². The van der Waals surface area contributed by atoms with Crippen molar-refractivity contribution in [1.82, 2.24) is 0 Å². The maximum Gasteiger partial charge on any atom is 0.310 e. The standard InChI is InChI=1S/C13H16O4/c1-7-6-10-9(4-5-17-10)11(12(7)16-3)8(2)13(14)15/h6,8H,4-5H2,1-3H3,(H,14,15). The van der Waals surface area contributed by atoms with Crippen molar-refractivity contribution in [1.29, 1.82) is 0 Å². The summed E-state index contributed by atoms with van der Waals surface area (Å²) < 4.78 is 10.9. The minimum Gasteiger partial charge on any atom is -0.496 e. The highest BCUT2D eigenvalue weighted by atomic mass is 16.5. The van der Waals surface area contributed by atoms with Crippen molar-refractivity contribution in [3.63, 3.8) is 0 Å². The van der Waals surface area contributed by atoms with Crippen LogP contribution in [0, 0.1) is 6.92 Å². The van der Waals surface area contributed by atoms with Crippen LogP contribution in [0.5, 0.6) is 11.5 Å². The predicted molar refractivity (Wildman–Crippen MR) is 63.0 cm³/mol. The van der Waals surface area contributed by atoms with Gasteiger partial charge in [-0.25, -0.2) is 0 Å². The topological polar surface area (TPSA) is 55.8 Å². The molecule has 0 saturated heterocycles. The third kappa shape index (κ3) is 1.84. The molecule has 0 aromatic heterocycles. The summed E-state index contributed by atoms with van der Waals surface area (Å²) in [5.41, 5.74) is 2.64. The smallest absolute Gasteiger partial charge is 0.310 e. The number of hydrogen-bond acceptors (Lipinski definition) is 3. The second kappa shape index (κ2) is 4.28. The van der Waals surface area contributed by atoms with Gasteiger partial charge in [0.15, 0.2) is 0 Å². The molecule has 1 aromatic rings. The predicted octanol–water partition coefficient (Wildman–Crippen LogP) is 2.13. The summed E-state index contributed by atoms with van der Waals surface area (Å²) >= 11 is 0. The van der Waals surface area contributed by atoms with E-state index in [0.717, 1.165) is 28.9 Å². The van der Waals surface area contributed by atoms with E-state index in [2.05, 4.69) is 0 Å². The first-order chi connectivity index (χ1) is 8.06. The summed E-state index contributed by atoms with van der Waals surface area (Å²) in [7, 11) is 1.57. The van der Waals surface area contributed by atoms with Crippen LogP contribution in [0.4, 0.5) is 0 Å². The number of fused-ring (bicyclic) bond motifs is 1. The molecule has 1 unspecified atom stereocenters. The normalized spacial score (nSPS) is 15.0. The highest BCUT2D eigenvalue weighted by Gasteiger charge is 2.28. The molecule has 1 aliphatic heterocycles. The zero-order valence-corrected chi connectivity index (χ0v) is 10.2. The number of hydrogen-bond donors (Lipinski definition) is 1. The van der Waals surface area contributed by atoms with Gasteiger partial charge in [-0.05, 0) is 25.5 Å². The summed E-state index contributed by atoms with van der Waals surface area (Å²) in [6.45, 7) is 4.19. The van der Waals surface area contributed by atoms with Crippen LogP contribution in [-0.4, -0.2) is 24.8 Å². The van der Waals surface area contributed by atoms with Gasteiger partial charge < -0.3 is 14.6 Å². The molecule has 0 saturated carbocycles. The first kappa shape index (κ1) is 11.8. The molecule has 4 nitrogen and oxygen atoms in total. The first-order valence-corrected chi connectivity index (χ1v) is 5.62. The van der Waals surface area contributed by atoms with Crippen LogP contribution in [0.2, 0.25) is 0 Å². The lowest BCUT2D eigenvalue weighted by Gasteiger charge is -2.18. The highest BCUT2D eigenvalue weighted by molar-refractivity contribution is 5.78. The van der Waals surface area contributed by atoms with Gasteiger partial charge in [-0.2, -0.15) is 0 Å². The van der Waals surface area contributed by atoms with Crippen LogP contribution in [0.1, 0.15) is 29.5 Å². The third-order valence-electron chi connectivity index (χ3n) is 3.19. The van der Waals surface area contributed by atoms with Gasteiger partial charge in [0.2, 0.25) is 0 Å². The Morgan fingerprint density at radius 3 is 2.88 bits per heavy atom. The molecule has 2 rings (SSSR count). The minimum absolute atomic E-state index is 0.583. The maximum absolute atomic E-state index is 11.2. The number of aryl methyl sites for hydroxylation is 1. The van der Waals surface area contributed by atoms with Crippen LogP contribution < -0.4 is 9.47 Å². The molecule has 0 fully saturated rings. The Labute approximate surface area is 100 Å². The summed E-state index contributed by atoms with van der Waals surface area (Å²) in [5.74, 6) is 0.0406. The SMILES string of the molecule is COc1c(C)cc2c(c1C(C)C(=O)O)CCO2. The molecular formula is C13H16O4. The molecule has 1 N–H and O–H groups in total. The number of carboxylic acid groups (broad SMARTS) is 1. The summed E-state index contributed by atoms with van der Waals surface area (Å²) in [6, 6.07) is 1.92. The van der Waals surface area contributed by atoms with E-state index in [9.17, 15) is 9.90 Å². The molecule has 1 atom stereocenters. The van der Waals surface area contributed by atoms with Crippen molar-refractivity contribution in [2.45, 2.75) is 26.2 Å². The molecule has 4 heteroatoms. The zero-order valence-electron chi connectivity index (χ0n) is 10.2. The molecule has 17 heavy (non-hydrogen) atoms. The van der Waals surface area contributed by atoms with Gasteiger partial charge >= 0.3 is 5.97 Å². The van der Waals surface area contributed by atoms with E-state index in [1.165, 1.54) is 0 Å². The fraction of sp³-hybridized carbons (Fsp3) is 0.462. The summed E-state index contributed by atoms with van der Waals surface area (Å²) in [6.07, 6.45) is 0.749. The van der Waals surface area contributed by atoms with Crippen LogP contribution in [0.3, 0.4) is 0 Å². The monoisotopic (exact) mass is 236 g/mol. The van der Waals surface area contributed by atoms with Crippen LogP contribution in [0.25, 0.3) is 0 Å². The van der Waals surface area contributed by atoms with Crippen molar-refractivity contribution in [3.8, 4) is 11.5 Å². The van der Waals surface area contributed by atoms with Gasteiger partial charge in [0, 0.05) is 17.5 Å². The third-order valence-corrected chi connectivity index (χ3v) is 3.19. The number of ether oxygens (including phenoxy) is 2. The van der Waals surface area contributed by atoms with Gasteiger partial charge in [-0.3, -0.25) is 4.79 Å². The lowest BCUT2D eigenvalue weighted by molar-refractivity contribution is -0.138. The Bertz CT molecular complexity index is 461. The molecular weight excluding hydrogens is 220 g/mol. The maximum atomic E-state index is 11.2. The number of carboxylic acids is 1. The summed E-state index contributed by atoms with van der Waals surface area (Å²) in [5, 5.41) is 9.18.